The van der Waals surface area contributed by atoms with Crippen LogP contribution in [0.25, 0.3) is 0 Å². The van der Waals surface area contributed by atoms with E-state index in [4.69, 9.17) is 10.8 Å². The molecule has 0 aliphatic carbocycles. The van der Waals surface area contributed by atoms with Crippen molar-refractivity contribution in [3.63, 3.8) is 0 Å². The van der Waals surface area contributed by atoms with Gasteiger partial charge in [0.05, 0.1) is 5.69 Å². The molecule has 0 radical (unpaired) electrons. The molecule has 0 amide bonds. The van der Waals surface area contributed by atoms with E-state index < -0.39 is 5.97 Å². The fourth-order valence-electron chi connectivity index (χ4n) is 1.46. The van der Waals surface area contributed by atoms with Gasteiger partial charge < -0.3 is 10.8 Å². The Labute approximate surface area is 109 Å². The standard InChI is InChI=1S/C13H12N2O2S/c14-11-6-10(7-15-12(11)13(16)17)18-8-9-4-2-1-3-5-9/h1-7H,8,14H2,(H,16,17). The second-order valence-electron chi connectivity index (χ2n) is 3.69. The minimum Gasteiger partial charge on any atom is -0.476 e. The van der Waals surface area contributed by atoms with Crippen molar-refractivity contribution >= 4 is 23.4 Å². The predicted molar refractivity (Wildman–Crippen MR) is 71.6 cm³/mol. The van der Waals surface area contributed by atoms with E-state index >= 15 is 0 Å². The quantitative estimate of drug-likeness (QED) is 0.826. The van der Waals surface area contributed by atoms with E-state index in [0.717, 1.165) is 10.6 Å². The summed E-state index contributed by atoms with van der Waals surface area (Å²) >= 11 is 1.57. The number of aromatic nitrogens is 1. The Morgan fingerprint density at radius 3 is 2.67 bits per heavy atom. The van der Waals surface area contributed by atoms with Crippen molar-refractivity contribution in [3.05, 3.63) is 53.9 Å². The van der Waals surface area contributed by atoms with Gasteiger partial charge in [0.15, 0.2) is 5.69 Å². The lowest BCUT2D eigenvalue weighted by Crippen LogP contribution is -2.05. The average molecular weight is 260 g/mol. The second kappa shape index (κ2) is 5.55. The molecule has 1 heterocycles. The minimum atomic E-state index is -1.10. The number of anilines is 1. The second-order valence-corrected chi connectivity index (χ2v) is 4.74. The molecule has 0 saturated carbocycles. The van der Waals surface area contributed by atoms with E-state index in [2.05, 4.69) is 4.98 Å². The molecule has 0 atom stereocenters. The lowest BCUT2D eigenvalue weighted by Gasteiger charge is -2.04. The summed E-state index contributed by atoms with van der Waals surface area (Å²) in [7, 11) is 0. The maximum atomic E-state index is 10.8. The number of carbonyl (C=O) groups is 1. The number of hydrogen-bond acceptors (Lipinski definition) is 4. The highest BCUT2D eigenvalue weighted by Gasteiger charge is 2.10. The Morgan fingerprint density at radius 1 is 1.33 bits per heavy atom. The third-order valence-corrected chi connectivity index (χ3v) is 3.38. The third-order valence-electron chi connectivity index (χ3n) is 2.34. The summed E-state index contributed by atoms with van der Waals surface area (Å²) in [6.07, 6.45) is 1.54. The van der Waals surface area contributed by atoms with Crippen molar-refractivity contribution in [2.24, 2.45) is 0 Å². The van der Waals surface area contributed by atoms with Gasteiger partial charge in [-0.25, -0.2) is 9.78 Å². The number of nitrogen functional groups attached to an aromatic ring is 1. The van der Waals surface area contributed by atoms with E-state index in [1.165, 1.54) is 11.8 Å². The number of thioether (sulfide) groups is 1. The Balaban J connectivity index is 2.07. The van der Waals surface area contributed by atoms with Crippen LogP contribution in [-0.2, 0) is 5.75 Å². The number of benzene rings is 1. The SMILES string of the molecule is Nc1cc(SCc2ccccc2)cnc1C(=O)O. The molecule has 0 fully saturated rings. The third kappa shape index (κ3) is 3.01. The van der Waals surface area contributed by atoms with Crippen LogP contribution in [0.2, 0.25) is 0 Å². The van der Waals surface area contributed by atoms with Gasteiger partial charge in [-0.15, -0.1) is 11.8 Å². The first kappa shape index (κ1) is 12.4. The lowest BCUT2D eigenvalue weighted by molar-refractivity contribution is 0.0691. The maximum Gasteiger partial charge on any atom is 0.356 e. The monoisotopic (exact) mass is 260 g/mol. The average Bonchev–Trinajstić information content (AvgIpc) is 2.37. The molecule has 4 nitrogen and oxygen atoms in total. The summed E-state index contributed by atoms with van der Waals surface area (Å²) in [5.41, 5.74) is 6.93. The molecule has 18 heavy (non-hydrogen) atoms. The van der Waals surface area contributed by atoms with E-state index in [9.17, 15) is 4.79 Å². The van der Waals surface area contributed by atoms with Crippen LogP contribution < -0.4 is 5.73 Å². The van der Waals surface area contributed by atoms with E-state index in [1.807, 2.05) is 30.3 Å². The highest BCUT2D eigenvalue weighted by Crippen LogP contribution is 2.24. The van der Waals surface area contributed by atoms with Crippen molar-refractivity contribution in [2.45, 2.75) is 10.6 Å². The van der Waals surface area contributed by atoms with Gasteiger partial charge in [-0.05, 0) is 11.6 Å². The summed E-state index contributed by atoms with van der Waals surface area (Å²) < 4.78 is 0. The van der Waals surface area contributed by atoms with Crippen molar-refractivity contribution < 1.29 is 9.90 Å². The summed E-state index contributed by atoms with van der Waals surface area (Å²) in [4.78, 5) is 15.5. The molecule has 0 aliphatic heterocycles. The number of hydrogen-bond donors (Lipinski definition) is 2. The van der Waals surface area contributed by atoms with Gasteiger partial charge in [-0.1, -0.05) is 30.3 Å². The number of carboxylic acids is 1. The molecule has 5 heteroatoms. The first-order chi connectivity index (χ1) is 8.66. The molecule has 3 N–H and O–H groups in total. The normalized spacial score (nSPS) is 10.2. The van der Waals surface area contributed by atoms with Crippen LogP contribution in [0.4, 0.5) is 5.69 Å². The molecule has 2 rings (SSSR count). The first-order valence-electron chi connectivity index (χ1n) is 5.32. The molecule has 1 aromatic carbocycles. The van der Waals surface area contributed by atoms with Crippen LogP contribution in [0.3, 0.4) is 0 Å². The van der Waals surface area contributed by atoms with Crippen molar-refractivity contribution in [1.82, 2.24) is 4.98 Å². The maximum absolute atomic E-state index is 10.8. The summed E-state index contributed by atoms with van der Waals surface area (Å²) in [5, 5.41) is 8.82. The van der Waals surface area contributed by atoms with Gasteiger partial charge in [0.1, 0.15) is 0 Å². The van der Waals surface area contributed by atoms with E-state index in [1.54, 1.807) is 17.8 Å². The van der Waals surface area contributed by atoms with Gasteiger partial charge in [0.25, 0.3) is 0 Å². The first-order valence-corrected chi connectivity index (χ1v) is 6.31. The van der Waals surface area contributed by atoms with Crippen molar-refractivity contribution in [3.8, 4) is 0 Å². The molecule has 92 valence electrons. The number of carboxylic acid groups (broad SMARTS) is 1. The fraction of sp³-hybridized carbons (Fsp3) is 0.0769. The van der Waals surface area contributed by atoms with Gasteiger partial charge in [0, 0.05) is 16.8 Å². The molecular formula is C13H12N2O2S. The zero-order chi connectivity index (χ0) is 13.0. The van der Waals surface area contributed by atoms with Crippen LogP contribution >= 0.6 is 11.8 Å². The predicted octanol–water partition coefficient (Wildman–Crippen LogP) is 2.65. The Kier molecular flexibility index (Phi) is 3.84. The largest absolute Gasteiger partial charge is 0.476 e. The number of nitrogens with zero attached hydrogens (tertiary/aromatic N) is 1. The van der Waals surface area contributed by atoms with Crippen LogP contribution in [0.15, 0.2) is 47.5 Å². The van der Waals surface area contributed by atoms with Gasteiger partial charge in [0.2, 0.25) is 0 Å². The van der Waals surface area contributed by atoms with Crippen LogP contribution in [0.1, 0.15) is 16.1 Å². The minimum absolute atomic E-state index is 0.0981. The molecule has 0 saturated heterocycles. The van der Waals surface area contributed by atoms with Crippen molar-refractivity contribution in [2.75, 3.05) is 5.73 Å². The molecular weight excluding hydrogens is 248 g/mol. The number of rotatable bonds is 4. The van der Waals surface area contributed by atoms with Crippen LogP contribution in [0, 0.1) is 0 Å². The molecule has 0 bridgehead atoms. The van der Waals surface area contributed by atoms with E-state index in [0.29, 0.717) is 0 Å². The molecule has 2 aromatic rings. The van der Waals surface area contributed by atoms with E-state index in [-0.39, 0.29) is 11.4 Å². The summed E-state index contributed by atoms with van der Waals surface area (Å²) in [6, 6.07) is 11.6. The number of pyridine rings is 1. The smallest absolute Gasteiger partial charge is 0.356 e. The summed E-state index contributed by atoms with van der Waals surface area (Å²) in [5.74, 6) is -0.305. The topological polar surface area (TPSA) is 76.2 Å². The summed E-state index contributed by atoms with van der Waals surface area (Å²) in [6.45, 7) is 0. The number of aromatic carboxylic acids is 1. The van der Waals surface area contributed by atoms with Gasteiger partial charge in [-0.3, -0.25) is 0 Å². The Hall–Kier alpha value is -2.01. The molecule has 0 unspecified atom stereocenters. The number of nitrogens with two attached hydrogens (primary N) is 1. The molecule has 1 aromatic heterocycles. The molecule has 0 aliphatic rings. The zero-order valence-electron chi connectivity index (χ0n) is 9.54. The molecule has 0 spiro atoms. The Morgan fingerprint density at radius 2 is 2.06 bits per heavy atom. The highest BCUT2D eigenvalue weighted by atomic mass is 32.2. The highest BCUT2D eigenvalue weighted by molar-refractivity contribution is 7.98. The Bertz CT molecular complexity index is 558. The van der Waals surface area contributed by atoms with Gasteiger partial charge in [-0.2, -0.15) is 0 Å². The van der Waals surface area contributed by atoms with Crippen molar-refractivity contribution in [1.29, 1.82) is 0 Å². The fourth-order valence-corrected chi connectivity index (χ4v) is 2.32. The van der Waals surface area contributed by atoms with Crippen LogP contribution in [-0.4, -0.2) is 16.1 Å². The van der Waals surface area contributed by atoms with Gasteiger partial charge >= 0.3 is 5.97 Å². The lowest BCUT2D eigenvalue weighted by atomic mass is 10.2. The zero-order valence-corrected chi connectivity index (χ0v) is 10.4. The van der Waals surface area contributed by atoms with Crippen LogP contribution in [0.5, 0.6) is 0 Å².